The molecule has 19 heavy (non-hydrogen) atoms. The standard InChI is InChI=1S/C13H21N3O2S/c1-8(2)14-11(12(17)18)5-6-19-13-15-9(3)7-10(4)16-13/h7-8,11,14H,5-6H2,1-4H3,(H,17,18). The van der Waals surface area contributed by atoms with E-state index in [1.54, 1.807) is 0 Å². The van der Waals surface area contributed by atoms with Gasteiger partial charge in [-0.2, -0.15) is 0 Å². The van der Waals surface area contributed by atoms with Gasteiger partial charge in [0.1, 0.15) is 6.04 Å². The monoisotopic (exact) mass is 283 g/mol. The lowest BCUT2D eigenvalue weighted by atomic mass is 10.2. The number of rotatable bonds is 7. The number of thioether (sulfide) groups is 1. The van der Waals surface area contributed by atoms with Gasteiger partial charge >= 0.3 is 5.97 Å². The normalized spacial score (nSPS) is 12.7. The topological polar surface area (TPSA) is 75.1 Å². The van der Waals surface area contributed by atoms with Crippen LogP contribution in [0.2, 0.25) is 0 Å². The Balaban J connectivity index is 2.49. The van der Waals surface area contributed by atoms with E-state index in [1.807, 2.05) is 33.8 Å². The first-order chi connectivity index (χ1) is 8.88. The molecule has 0 bridgehead atoms. The summed E-state index contributed by atoms with van der Waals surface area (Å²) in [7, 11) is 0. The molecule has 0 aliphatic rings. The van der Waals surface area contributed by atoms with Crippen molar-refractivity contribution in [3.63, 3.8) is 0 Å². The highest BCUT2D eigenvalue weighted by molar-refractivity contribution is 7.99. The summed E-state index contributed by atoms with van der Waals surface area (Å²) >= 11 is 1.50. The van der Waals surface area contributed by atoms with Gasteiger partial charge in [0.25, 0.3) is 0 Å². The van der Waals surface area contributed by atoms with E-state index in [0.29, 0.717) is 17.3 Å². The van der Waals surface area contributed by atoms with E-state index < -0.39 is 12.0 Å². The maximum absolute atomic E-state index is 11.1. The first-order valence-corrected chi connectivity index (χ1v) is 7.31. The average Bonchev–Trinajstić information content (AvgIpc) is 2.25. The van der Waals surface area contributed by atoms with Gasteiger partial charge in [-0.1, -0.05) is 25.6 Å². The zero-order valence-electron chi connectivity index (χ0n) is 11.8. The first-order valence-electron chi connectivity index (χ1n) is 6.32. The minimum Gasteiger partial charge on any atom is -0.480 e. The molecule has 1 heterocycles. The Hall–Kier alpha value is -1.14. The molecule has 1 atom stereocenters. The number of carboxylic acid groups (broad SMARTS) is 1. The number of nitrogens with zero attached hydrogens (tertiary/aromatic N) is 2. The Labute approximate surface area is 118 Å². The number of carbonyl (C=O) groups is 1. The fourth-order valence-corrected chi connectivity index (χ4v) is 2.66. The average molecular weight is 283 g/mol. The van der Waals surface area contributed by atoms with Crippen LogP contribution in [0.25, 0.3) is 0 Å². The molecule has 0 saturated carbocycles. The van der Waals surface area contributed by atoms with E-state index in [2.05, 4.69) is 15.3 Å². The lowest BCUT2D eigenvalue weighted by molar-refractivity contribution is -0.139. The Bertz CT molecular complexity index is 418. The number of hydrogen-bond donors (Lipinski definition) is 2. The minimum atomic E-state index is -0.810. The molecule has 1 aromatic heterocycles. The zero-order valence-corrected chi connectivity index (χ0v) is 12.6. The summed E-state index contributed by atoms with van der Waals surface area (Å²) in [5.74, 6) is -0.129. The highest BCUT2D eigenvalue weighted by Crippen LogP contribution is 2.16. The van der Waals surface area contributed by atoms with Crippen LogP contribution in [0.5, 0.6) is 0 Å². The summed E-state index contributed by atoms with van der Waals surface area (Å²) < 4.78 is 0. The molecule has 0 amide bonds. The molecule has 6 heteroatoms. The van der Waals surface area contributed by atoms with Crippen molar-refractivity contribution in [1.82, 2.24) is 15.3 Å². The molecule has 1 aromatic rings. The van der Waals surface area contributed by atoms with Gasteiger partial charge in [0.15, 0.2) is 5.16 Å². The van der Waals surface area contributed by atoms with Crippen LogP contribution in [0, 0.1) is 13.8 Å². The summed E-state index contributed by atoms with van der Waals surface area (Å²) in [6.07, 6.45) is 0.550. The van der Waals surface area contributed by atoms with E-state index >= 15 is 0 Å². The molecule has 1 rings (SSSR count). The van der Waals surface area contributed by atoms with Crippen molar-refractivity contribution in [3.05, 3.63) is 17.5 Å². The van der Waals surface area contributed by atoms with E-state index in [1.165, 1.54) is 11.8 Å². The fourth-order valence-electron chi connectivity index (χ4n) is 1.71. The molecule has 5 nitrogen and oxygen atoms in total. The van der Waals surface area contributed by atoms with Gasteiger partial charge in [0.05, 0.1) is 0 Å². The Morgan fingerprint density at radius 1 is 1.37 bits per heavy atom. The molecule has 2 N–H and O–H groups in total. The first kappa shape index (κ1) is 15.9. The predicted molar refractivity (Wildman–Crippen MR) is 76.5 cm³/mol. The maximum Gasteiger partial charge on any atom is 0.320 e. The van der Waals surface area contributed by atoms with Gasteiger partial charge in [-0.15, -0.1) is 0 Å². The summed E-state index contributed by atoms with van der Waals surface area (Å²) in [5.41, 5.74) is 1.87. The highest BCUT2D eigenvalue weighted by atomic mass is 32.2. The van der Waals surface area contributed by atoms with Crippen molar-refractivity contribution in [2.24, 2.45) is 0 Å². The van der Waals surface area contributed by atoms with Gasteiger partial charge in [-0.05, 0) is 26.3 Å². The van der Waals surface area contributed by atoms with Crippen molar-refractivity contribution in [2.75, 3.05) is 5.75 Å². The lowest BCUT2D eigenvalue weighted by Gasteiger charge is -2.16. The van der Waals surface area contributed by atoms with Crippen LogP contribution in [0.3, 0.4) is 0 Å². The Kier molecular flexibility index (Phi) is 6.24. The zero-order chi connectivity index (χ0) is 14.4. The van der Waals surface area contributed by atoms with Gasteiger partial charge < -0.3 is 10.4 Å². The fraction of sp³-hybridized carbons (Fsp3) is 0.615. The molecule has 0 spiro atoms. The van der Waals surface area contributed by atoms with Crippen LogP contribution in [-0.4, -0.2) is 38.9 Å². The quantitative estimate of drug-likeness (QED) is 0.589. The Morgan fingerprint density at radius 3 is 2.42 bits per heavy atom. The third kappa shape index (κ3) is 6.02. The summed E-state index contributed by atoms with van der Waals surface area (Å²) in [6.45, 7) is 7.74. The van der Waals surface area contributed by atoms with Crippen molar-refractivity contribution in [3.8, 4) is 0 Å². The molecule has 0 aliphatic carbocycles. The van der Waals surface area contributed by atoms with Crippen molar-refractivity contribution in [1.29, 1.82) is 0 Å². The second kappa shape index (κ2) is 7.45. The molecule has 0 aliphatic heterocycles. The third-order valence-electron chi connectivity index (χ3n) is 2.43. The van der Waals surface area contributed by atoms with Crippen LogP contribution in [0.1, 0.15) is 31.7 Å². The van der Waals surface area contributed by atoms with Crippen molar-refractivity contribution in [2.45, 2.75) is 51.4 Å². The van der Waals surface area contributed by atoms with Crippen LogP contribution < -0.4 is 5.32 Å². The second-order valence-electron chi connectivity index (χ2n) is 4.78. The maximum atomic E-state index is 11.1. The molecule has 0 saturated heterocycles. The molecule has 0 fully saturated rings. The predicted octanol–water partition coefficient (Wildman–Crippen LogP) is 2.03. The summed E-state index contributed by atoms with van der Waals surface area (Å²) in [4.78, 5) is 19.7. The van der Waals surface area contributed by atoms with Gasteiger partial charge in [-0.25, -0.2) is 9.97 Å². The minimum absolute atomic E-state index is 0.156. The van der Waals surface area contributed by atoms with Gasteiger partial charge in [0.2, 0.25) is 0 Å². The van der Waals surface area contributed by atoms with E-state index in [0.717, 1.165) is 11.4 Å². The number of carboxylic acids is 1. The van der Waals surface area contributed by atoms with E-state index in [4.69, 9.17) is 5.11 Å². The number of hydrogen-bond acceptors (Lipinski definition) is 5. The second-order valence-corrected chi connectivity index (χ2v) is 5.84. The molecule has 0 radical (unpaired) electrons. The molecule has 106 valence electrons. The molecular formula is C13H21N3O2S. The SMILES string of the molecule is Cc1cc(C)nc(SCCC(NC(C)C)C(=O)O)n1. The van der Waals surface area contributed by atoms with Crippen LogP contribution in [0.15, 0.2) is 11.2 Å². The molecule has 0 aromatic carbocycles. The number of aryl methyl sites for hydroxylation is 2. The number of aromatic nitrogens is 2. The summed E-state index contributed by atoms with van der Waals surface area (Å²) in [6, 6.07) is 1.56. The van der Waals surface area contributed by atoms with Crippen LogP contribution in [0.4, 0.5) is 0 Å². The molecular weight excluding hydrogens is 262 g/mol. The number of nitrogens with one attached hydrogen (secondary N) is 1. The van der Waals surface area contributed by atoms with Crippen LogP contribution >= 0.6 is 11.8 Å². The van der Waals surface area contributed by atoms with Crippen LogP contribution in [-0.2, 0) is 4.79 Å². The van der Waals surface area contributed by atoms with E-state index in [-0.39, 0.29) is 6.04 Å². The van der Waals surface area contributed by atoms with Gasteiger partial charge in [0, 0.05) is 23.2 Å². The third-order valence-corrected chi connectivity index (χ3v) is 3.31. The lowest BCUT2D eigenvalue weighted by Crippen LogP contribution is -2.41. The highest BCUT2D eigenvalue weighted by Gasteiger charge is 2.17. The summed E-state index contributed by atoms with van der Waals surface area (Å²) in [5, 5.41) is 12.9. The van der Waals surface area contributed by atoms with Crippen molar-refractivity contribution < 1.29 is 9.90 Å². The number of aliphatic carboxylic acids is 1. The Morgan fingerprint density at radius 2 is 1.95 bits per heavy atom. The van der Waals surface area contributed by atoms with Gasteiger partial charge in [-0.3, -0.25) is 4.79 Å². The smallest absolute Gasteiger partial charge is 0.320 e. The van der Waals surface area contributed by atoms with E-state index in [9.17, 15) is 4.79 Å². The largest absolute Gasteiger partial charge is 0.480 e. The molecule has 1 unspecified atom stereocenters. The van der Waals surface area contributed by atoms with Crippen molar-refractivity contribution >= 4 is 17.7 Å².